The minimum atomic E-state index is 0.106. The molecule has 2 aromatic carbocycles. The number of nitriles is 2. The smallest absolute Gasteiger partial charge is 0.204 e. The van der Waals surface area contributed by atoms with Gasteiger partial charge in [-0.3, -0.25) is 4.98 Å². The Bertz CT molecular complexity index is 821. The number of benzene rings is 2. The largest absolute Gasteiger partial charge is 0.309 e. The standard InChI is InChI=1S/C20H13N4/c21-13-17(14-22)16-8-10-19(11-9-16)24(18-5-2-1-3-6-18)20-7-4-12-23-15-20/h1-12,15H. The minimum absolute atomic E-state index is 0.106. The zero-order valence-electron chi connectivity index (χ0n) is 12.8. The Morgan fingerprint density at radius 2 is 1.38 bits per heavy atom. The second kappa shape index (κ2) is 7.09. The molecule has 1 radical (unpaired) electrons. The first-order valence-corrected chi connectivity index (χ1v) is 7.36. The Hall–Kier alpha value is -3.63. The Balaban J connectivity index is 2.04. The second-order valence-electron chi connectivity index (χ2n) is 5.03. The van der Waals surface area contributed by atoms with Crippen molar-refractivity contribution in [2.45, 2.75) is 0 Å². The van der Waals surface area contributed by atoms with Gasteiger partial charge in [-0.05, 0) is 42.0 Å². The molecule has 0 atom stereocenters. The molecule has 0 aliphatic carbocycles. The van der Waals surface area contributed by atoms with Crippen LogP contribution in [-0.4, -0.2) is 4.98 Å². The molecular weight excluding hydrogens is 296 g/mol. The summed E-state index contributed by atoms with van der Waals surface area (Å²) in [5, 5.41) is 18.0. The molecule has 0 aliphatic heterocycles. The Labute approximate surface area is 140 Å². The van der Waals surface area contributed by atoms with Gasteiger partial charge in [0.1, 0.15) is 0 Å². The van der Waals surface area contributed by atoms with Crippen LogP contribution in [0.3, 0.4) is 0 Å². The van der Waals surface area contributed by atoms with Crippen molar-refractivity contribution in [1.82, 2.24) is 4.98 Å². The molecule has 4 heteroatoms. The maximum absolute atomic E-state index is 8.99. The monoisotopic (exact) mass is 309 g/mol. The van der Waals surface area contributed by atoms with Crippen molar-refractivity contribution in [3.05, 3.63) is 90.6 Å². The number of rotatable bonds is 4. The van der Waals surface area contributed by atoms with Crippen LogP contribution in [0.5, 0.6) is 0 Å². The average Bonchev–Trinajstić information content (AvgIpc) is 2.66. The normalized spacial score (nSPS) is 9.96. The van der Waals surface area contributed by atoms with E-state index in [2.05, 4.69) is 9.88 Å². The molecule has 3 aromatic rings. The lowest BCUT2D eigenvalue weighted by atomic mass is 10.0. The van der Waals surface area contributed by atoms with Crippen LogP contribution in [0.1, 0.15) is 5.56 Å². The first kappa shape index (κ1) is 15.3. The lowest BCUT2D eigenvalue weighted by molar-refractivity contribution is 1.22. The van der Waals surface area contributed by atoms with Crippen LogP contribution in [0.15, 0.2) is 79.1 Å². The van der Waals surface area contributed by atoms with E-state index in [0.717, 1.165) is 17.1 Å². The molecule has 0 fully saturated rings. The molecule has 0 saturated carbocycles. The summed E-state index contributed by atoms with van der Waals surface area (Å²) in [5.41, 5.74) is 3.47. The van der Waals surface area contributed by atoms with Gasteiger partial charge < -0.3 is 4.90 Å². The van der Waals surface area contributed by atoms with E-state index in [-0.39, 0.29) is 5.92 Å². The number of aromatic nitrogens is 1. The second-order valence-corrected chi connectivity index (χ2v) is 5.03. The van der Waals surface area contributed by atoms with E-state index in [1.807, 2.05) is 66.7 Å². The maximum Gasteiger partial charge on any atom is 0.204 e. The van der Waals surface area contributed by atoms with Gasteiger partial charge in [0, 0.05) is 17.6 Å². The van der Waals surface area contributed by atoms with Crippen molar-refractivity contribution >= 4 is 17.1 Å². The van der Waals surface area contributed by atoms with Gasteiger partial charge in [0.15, 0.2) is 0 Å². The van der Waals surface area contributed by atoms with E-state index in [0.29, 0.717) is 5.56 Å². The zero-order chi connectivity index (χ0) is 16.8. The van der Waals surface area contributed by atoms with Gasteiger partial charge in [0.25, 0.3) is 0 Å². The van der Waals surface area contributed by atoms with Gasteiger partial charge in [0.2, 0.25) is 5.92 Å². The predicted octanol–water partition coefficient (Wildman–Crippen LogP) is 4.52. The topological polar surface area (TPSA) is 63.7 Å². The van der Waals surface area contributed by atoms with Crippen LogP contribution >= 0.6 is 0 Å². The minimum Gasteiger partial charge on any atom is -0.309 e. The molecule has 113 valence electrons. The summed E-state index contributed by atoms with van der Waals surface area (Å²) < 4.78 is 0. The van der Waals surface area contributed by atoms with E-state index in [1.54, 1.807) is 24.5 Å². The molecule has 1 heterocycles. The highest BCUT2D eigenvalue weighted by molar-refractivity contribution is 5.76. The van der Waals surface area contributed by atoms with E-state index >= 15 is 0 Å². The van der Waals surface area contributed by atoms with Crippen LogP contribution < -0.4 is 4.90 Å². The lowest BCUT2D eigenvalue weighted by Gasteiger charge is -2.25. The highest BCUT2D eigenvalue weighted by Crippen LogP contribution is 2.34. The van der Waals surface area contributed by atoms with Gasteiger partial charge in [-0.2, -0.15) is 10.5 Å². The molecule has 0 aliphatic rings. The SMILES string of the molecule is N#C[C](C#N)c1ccc(N(c2ccccc2)c2cccnc2)cc1. The van der Waals surface area contributed by atoms with Gasteiger partial charge in [-0.25, -0.2) is 0 Å². The fraction of sp³-hybridized carbons (Fsp3) is 0. The molecule has 0 saturated heterocycles. The number of nitrogens with zero attached hydrogens (tertiary/aromatic N) is 4. The van der Waals surface area contributed by atoms with E-state index in [4.69, 9.17) is 10.5 Å². The molecule has 0 spiro atoms. The molecule has 0 N–H and O–H groups in total. The summed E-state index contributed by atoms with van der Waals surface area (Å²) in [5.74, 6) is 0.106. The van der Waals surface area contributed by atoms with Crippen molar-refractivity contribution in [2.24, 2.45) is 0 Å². The number of para-hydroxylation sites is 1. The van der Waals surface area contributed by atoms with Gasteiger partial charge >= 0.3 is 0 Å². The van der Waals surface area contributed by atoms with Crippen molar-refractivity contribution < 1.29 is 0 Å². The summed E-state index contributed by atoms with van der Waals surface area (Å²) >= 11 is 0. The molecule has 3 rings (SSSR count). The molecule has 4 nitrogen and oxygen atoms in total. The first-order valence-electron chi connectivity index (χ1n) is 7.36. The summed E-state index contributed by atoms with van der Waals surface area (Å²) in [7, 11) is 0. The summed E-state index contributed by atoms with van der Waals surface area (Å²) in [6, 6.07) is 25.0. The van der Waals surface area contributed by atoms with Crippen molar-refractivity contribution in [3.63, 3.8) is 0 Å². The van der Waals surface area contributed by atoms with Crippen LogP contribution in [0.25, 0.3) is 0 Å². The number of pyridine rings is 1. The summed E-state index contributed by atoms with van der Waals surface area (Å²) in [6.07, 6.45) is 3.53. The summed E-state index contributed by atoms with van der Waals surface area (Å²) in [6.45, 7) is 0. The highest BCUT2D eigenvalue weighted by atomic mass is 15.1. The van der Waals surface area contributed by atoms with Gasteiger partial charge in [-0.15, -0.1) is 0 Å². The third-order valence-electron chi connectivity index (χ3n) is 3.56. The Morgan fingerprint density at radius 1 is 0.750 bits per heavy atom. The van der Waals surface area contributed by atoms with Crippen molar-refractivity contribution in [3.8, 4) is 12.1 Å². The van der Waals surface area contributed by atoms with Gasteiger partial charge in [-0.1, -0.05) is 30.3 Å². The van der Waals surface area contributed by atoms with E-state index in [9.17, 15) is 0 Å². The fourth-order valence-electron chi connectivity index (χ4n) is 2.44. The fourth-order valence-corrected chi connectivity index (χ4v) is 2.44. The van der Waals surface area contributed by atoms with Crippen LogP contribution in [-0.2, 0) is 0 Å². The van der Waals surface area contributed by atoms with Crippen LogP contribution in [0.2, 0.25) is 0 Å². The van der Waals surface area contributed by atoms with Crippen molar-refractivity contribution in [2.75, 3.05) is 4.90 Å². The van der Waals surface area contributed by atoms with Crippen LogP contribution in [0, 0.1) is 28.6 Å². The Kier molecular flexibility index (Phi) is 4.51. The molecule has 0 unspecified atom stereocenters. The molecule has 24 heavy (non-hydrogen) atoms. The number of anilines is 3. The third-order valence-corrected chi connectivity index (χ3v) is 3.56. The zero-order valence-corrected chi connectivity index (χ0v) is 12.8. The third kappa shape index (κ3) is 3.09. The first-order chi connectivity index (χ1) is 11.8. The molecule has 0 amide bonds. The van der Waals surface area contributed by atoms with E-state index in [1.165, 1.54) is 0 Å². The predicted molar refractivity (Wildman–Crippen MR) is 92.5 cm³/mol. The van der Waals surface area contributed by atoms with E-state index < -0.39 is 0 Å². The Morgan fingerprint density at radius 3 is 1.96 bits per heavy atom. The maximum atomic E-state index is 8.99. The van der Waals surface area contributed by atoms with Crippen LogP contribution in [0.4, 0.5) is 17.1 Å². The average molecular weight is 309 g/mol. The number of hydrogen-bond donors (Lipinski definition) is 0. The van der Waals surface area contributed by atoms with Gasteiger partial charge in [0.05, 0.1) is 24.0 Å². The van der Waals surface area contributed by atoms with Crippen molar-refractivity contribution in [1.29, 1.82) is 10.5 Å². The quantitative estimate of drug-likeness (QED) is 0.710. The molecule has 1 aromatic heterocycles. The molecule has 0 bridgehead atoms. The highest BCUT2D eigenvalue weighted by Gasteiger charge is 2.14. The lowest BCUT2D eigenvalue weighted by Crippen LogP contribution is -2.10. The molecular formula is C20H13N4. The number of hydrogen-bond acceptors (Lipinski definition) is 4. The summed E-state index contributed by atoms with van der Waals surface area (Å²) in [4.78, 5) is 6.26.